The molecule has 1 aromatic rings. The minimum absolute atomic E-state index is 0.0630. The number of nitrogens with two attached hydrogens (primary N) is 1. The maximum atomic E-state index is 12.7. The highest BCUT2D eigenvalue weighted by Gasteiger charge is 2.37. The van der Waals surface area contributed by atoms with Crippen molar-refractivity contribution < 1.29 is 9.53 Å². The Bertz CT molecular complexity index is 521. The number of nitrogens with zero attached hydrogens (tertiary/aromatic N) is 2. The number of aromatic nitrogens is 1. The first-order valence-electron chi connectivity index (χ1n) is 7.00. The number of ether oxygens (including phenoxy) is 1. The number of nitrogen functional groups attached to an aromatic ring is 1. The predicted octanol–water partition coefficient (Wildman–Crippen LogP) is 2.10. The fraction of sp³-hybridized carbons (Fsp3) is 0.571. The molecule has 2 unspecified atom stereocenters. The molecule has 0 bridgehead atoms. The highest BCUT2D eigenvalue weighted by molar-refractivity contribution is 6.29. The van der Waals surface area contributed by atoms with Crippen molar-refractivity contribution in [3.8, 4) is 0 Å². The van der Waals surface area contributed by atoms with Crippen molar-refractivity contribution in [3.05, 3.63) is 23.0 Å². The van der Waals surface area contributed by atoms with Crippen LogP contribution < -0.4 is 5.73 Å². The summed E-state index contributed by atoms with van der Waals surface area (Å²) in [5, 5.41) is 0.288. The van der Waals surface area contributed by atoms with Crippen molar-refractivity contribution in [2.75, 3.05) is 18.9 Å². The van der Waals surface area contributed by atoms with Gasteiger partial charge in [-0.05, 0) is 18.9 Å². The summed E-state index contributed by atoms with van der Waals surface area (Å²) in [6.07, 6.45) is 5.94. The molecule has 2 atom stereocenters. The SMILES string of the molecule is Nc1cnc(Cl)cc1C(=O)N1CCOC2CCCCC21. The Morgan fingerprint density at radius 2 is 2.25 bits per heavy atom. The topological polar surface area (TPSA) is 68.5 Å². The molecule has 1 aliphatic carbocycles. The molecule has 1 aromatic heterocycles. The van der Waals surface area contributed by atoms with Gasteiger partial charge in [0.1, 0.15) is 5.15 Å². The lowest BCUT2D eigenvalue weighted by molar-refractivity contribution is -0.0752. The van der Waals surface area contributed by atoms with Gasteiger partial charge in [0.2, 0.25) is 0 Å². The minimum atomic E-state index is -0.0630. The molecule has 0 spiro atoms. The van der Waals surface area contributed by atoms with Gasteiger partial charge >= 0.3 is 0 Å². The van der Waals surface area contributed by atoms with Crippen molar-refractivity contribution in [2.24, 2.45) is 0 Å². The molecule has 1 saturated carbocycles. The lowest BCUT2D eigenvalue weighted by Crippen LogP contribution is -2.54. The molecule has 20 heavy (non-hydrogen) atoms. The highest BCUT2D eigenvalue weighted by atomic mass is 35.5. The molecule has 0 radical (unpaired) electrons. The molecule has 3 rings (SSSR count). The molecule has 2 fully saturated rings. The molecule has 2 heterocycles. The fourth-order valence-electron chi connectivity index (χ4n) is 3.13. The molecule has 1 aliphatic heterocycles. The molecule has 2 N–H and O–H groups in total. The molecule has 0 aromatic carbocycles. The lowest BCUT2D eigenvalue weighted by Gasteiger charge is -2.43. The summed E-state index contributed by atoms with van der Waals surface area (Å²) in [5.41, 5.74) is 6.68. The molecule has 6 heteroatoms. The van der Waals surface area contributed by atoms with Crippen LogP contribution in [0.4, 0.5) is 5.69 Å². The van der Waals surface area contributed by atoms with Crippen LogP contribution in [0.5, 0.6) is 0 Å². The zero-order chi connectivity index (χ0) is 14.1. The van der Waals surface area contributed by atoms with Gasteiger partial charge in [0, 0.05) is 6.54 Å². The lowest BCUT2D eigenvalue weighted by atomic mass is 9.89. The zero-order valence-corrected chi connectivity index (χ0v) is 12.0. The molecular weight excluding hydrogens is 278 g/mol. The van der Waals surface area contributed by atoms with E-state index in [1.165, 1.54) is 12.6 Å². The van der Waals surface area contributed by atoms with E-state index < -0.39 is 0 Å². The first kappa shape index (κ1) is 13.6. The quantitative estimate of drug-likeness (QED) is 0.806. The normalized spacial score (nSPS) is 26.1. The standard InChI is InChI=1S/C14H18ClN3O2/c15-13-7-9(10(16)8-17-13)14(19)18-5-6-20-12-4-2-1-3-11(12)18/h7-8,11-12H,1-6,16H2. The van der Waals surface area contributed by atoms with Crippen LogP contribution in [0.1, 0.15) is 36.0 Å². The smallest absolute Gasteiger partial charge is 0.256 e. The number of anilines is 1. The van der Waals surface area contributed by atoms with Crippen LogP contribution in [-0.2, 0) is 4.74 Å². The third-order valence-corrected chi connectivity index (χ3v) is 4.33. The number of pyridine rings is 1. The van der Waals surface area contributed by atoms with Crippen LogP contribution in [-0.4, -0.2) is 41.1 Å². The van der Waals surface area contributed by atoms with Gasteiger partial charge in [0.15, 0.2) is 0 Å². The molecule has 108 valence electrons. The van der Waals surface area contributed by atoms with Crippen molar-refractivity contribution >= 4 is 23.2 Å². The van der Waals surface area contributed by atoms with E-state index in [0.29, 0.717) is 24.4 Å². The van der Waals surface area contributed by atoms with E-state index in [1.807, 2.05) is 4.90 Å². The third kappa shape index (κ3) is 2.47. The Labute approximate surface area is 123 Å². The number of carbonyl (C=O) groups excluding carboxylic acids is 1. The van der Waals surface area contributed by atoms with Crippen LogP contribution in [0.15, 0.2) is 12.3 Å². The largest absolute Gasteiger partial charge is 0.397 e. The summed E-state index contributed by atoms with van der Waals surface area (Å²) >= 11 is 5.88. The van der Waals surface area contributed by atoms with E-state index in [9.17, 15) is 4.79 Å². The summed E-state index contributed by atoms with van der Waals surface area (Å²) in [7, 11) is 0. The highest BCUT2D eigenvalue weighted by Crippen LogP contribution is 2.30. The van der Waals surface area contributed by atoms with E-state index in [0.717, 1.165) is 19.3 Å². The van der Waals surface area contributed by atoms with Gasteiger partial charge < -0.3 is 15.4 Å². The van der Waals surface area contributed by atoms with Gasteiger partial charge in [-0.15, -0.1) is 0 Å². The number of hydrogen-bond acceptors (Lipinski definition) is 4. The Hall–Kier alpha value is -1.33. The van der Waals surface area contributed by atoms with E-state index in [4.69, 9.17) is 22.1 Å². The van der Waals surface area contributed by atoms with Gasteiger partial charge in [-0.1, -0.05) is 24.4 Å². The van der Waals surface area contributed by atoms with Crippen molar-refractivity contribution in [1.82, 2.24) is 9.88 Å². The Kier molecular flexibility index (Phi) is 3.81. The third-order valence-electron chi connectivity index (χ3n) is 4.12. The van der Waals surface area contributed by atoms with Crippen molar-refractivity contribution in [1.29, 1.82) is 0 Å². The van der Waals surface area contributed by atoms with Gasteiger partial charge in [-0.2, -0.15) is 0 Å². The average molecular weight is 296 g/mol. The second-order valence-corrected chi connectivity index (χ2v) is 5.74. The average Bonchev–Trinajstić information content (AvgIpc) is 2.48. The van der Waals surface area contributed by atoms with Gasteiger partial charge in [-0.3, -0.25) is 4.79 Å². The van der Waals surface area contributed by atoms with Crippen LogP contribution in [0, 0.1) is 0 Å². The number of fused-ring (bicyclic) bond motifs is 1. The second kappa shape index (κ2) is 5.58. The van der Waals surface area contributed by atoms with E-state index in [-0.39, 0.29) is 23.2 Å². The summed E-state index contributed by atoms with van der Waals surface area (Å²) in [6.45, 7) is 1.20. The summed E-state index contributed by atoms with van der Waals surface area (Å²) in [6, 6.07) is 1.71. The van der Waals surface area contributed by atoms with E-state index in [1.54, 1.807) is 6.07 Å². The van der Waals surface area contributed by atoms with Crippen LogP contribution in [0.3, 0.4) is 0 Å². The number of carbonyl (C=O) groups is 1. The van der Waals surface area contributed by atoms with Crippen molar-refractivity contribution in [2.45, 2.75) is 37.8 Å². The Morgan fingerprint density at radius 3 is 3.10 bits per heavy atom. The predicted molar refractivity (Wildman–Crippen MR) is 76.7 cm³/mol. The summed E-state index contributed by atoms with van der Waals surface area (Å²) in [4.78, 5) is 18.5. The van der Waals surface area contributed by atoms with Crippen LogP contribution in [0.2, 0.25) is 5.15 Å². The Balaban J connectivity index is 1.87. The molecule has 2 aliphatic rings. The van der Waals surface area contributed by atoms with Crippen LogP contribution >= 0.6 is 11.6 Å². The fourth-order valence-corrected chi connectivity index (χ4v) is 3.29. The molecular formula is C14H18ClN3O2. The van der Waals surface area contributed by atoms with Gasteiger partial charge in [0.05, 0.1) is 36.2 Å². The number of morpholine rings is 1. The van der Waals surface area contributed by atoms with E-state index in [2.05, 4.69) is 4.98 Å². The van der Waals surface area contributed by atoms with Crippen LogP contribution in [0.25, 0.3) is 0 Å². The summed E-state index contributed by atoms with van der Waals surface area (Å²) < 4.78 is 5.79. The second-order valence-electron chi connectivity index (χ2n) is 5.35. The molecule has 1 saturated heterocycles. The first-order chi connectivity index (χ1) is 9.66. The van der Waals surface area contributed by atoms with Crippen molar-refractivity contribution in [3.63, 3.8) is 0 Å². The number of amides is 1. The van der Waals surface area contributed by atoms with Gasteiger partial charge in [0.25, 0.3) is 5.91 Å². The molecule has 1 amide bonds. The first-order valence-corrected chi connectivity index (χ1v) is 7.38. The zero-order valence-electron chi connectivity index (χ0n) is 11.2. The van der Waals surface area contributed by atoms with Gasteiger partial charge in [-0.25, -0.2) is 4.98 Å². The maximum absolute atomic E-state index is 12.7. The monoisotopic (exact) mass is 295 g/mol. The number of rotatable bonds is 1. The summed E-state index contributed by atoms with van der Waals surface area (Å²) in [5.74, 6) is -0.0630. The molecule has 5 nitrogen and oxygen atoms in total. The Morgan fingerprint density at radius 1 is 1.45 bits per heavy atom. The minimum Gasteiger partial charge on any atom is -0.397 e. The van der Waals surface area contributed by atoms with E-state index >= 15 is 0 Å². The maximum Gasteiger partial charge on any atom is 0.256 e. The number of halogens is 1. The number of hydrogen-bond donors (Lipinski definition) is 1.